The number of thiol groups is 1. The Labute approximate surface area is 76.7 Å². The summed E-state index contributed by atoms with van der Waals surface area (Å²) in [5, 5.41) is 0. The highest BCUT2D eigenvalue weighted by atomic mass is 79.9. The second kappa shape index (κ2) is 4.21. The van der Waals surface area contributed by atoms with Crippen molar-refractivity contribution in [1.82, 2.24) is 0 Å². The monoisotopic (exact) mass is 246 g/mol. The summed E-state index contributed by atoms with van der Waals surface area (Å²) in [6.45, 7) is 1.63. The molecular formula is C6H6BrF3S. The van der Waals surface area contributed by atoms with Crippen LogP contribution in [-0.2, 0) is 0 Å². The van der Waals surface area contributed by atoms with Gasteiger partial charge in [0.2, 0.25) is 0 Å². The Hall–Kier alpha value is 0.1000. The second-order valence-electron chi connectivity index (χ2n) is 1.80. The van der Waals surface area contributed by atoms with Gasteiger partial charge in [0.15, 0.2) is 0 Å². The zero-order valence-corrected chi connectivity index (χ0v) is 8.09. The average molecular weight is 247 g/mol. The molecule has 0 radical (unpaired) electrons. The Bertz CT molecular complexity index is 188. The normalized spacial score (nSPS) is 15.5. The van der Waals surface area contributed by atoms with Gasteiger partial charge < -0.3 is 0 Å². The fourth-order valence-electron chi connectivity index (χ4n) is 0.288. The van der Waals surface area contributed by atoms with Crippen LogP contribution in [0.15, 0.2) is 21.5 Å². The van der Waals surface area contributed by atoms with E-state index < -0.39 is 11.1 Å². The lowest BCUT2D eigenvalue weighted by Gasteiger charge is -2.02. The Morgan fingerprint density at radius 1 is 1.36 bits per heavy atom. The van der Waals surface area contributed by atoms with Crippen LogP contribution < -0.4 is 0 Å². The van der Waals surface area contributed by atoms with Crippen LogP contribution in [0, 0.1) is 0 Å². The minimum atomic E-state index is -4.35. The molecule has 0 saturated carbocycles. The molecule has 0 rings (SSSR count). The standard InChI is InChI=1S/C6H6BrF3S/c1-4(7)2-3-5(11)6(8,9)10/h2-3,11H,1H3/b4-2+,5-3-. The van der Waals surface area contributed by atoms with Crippen LogP contribution >= 0.6 is 28.6 Å². The largest absolute Gasteiger partial charge is 0.422 e. The molecule has 0 heterocycles. The Kier molecular flexibility index (Phi) is 4.25. The molecule has 0 aromatic heterocycles. The molecule has 5 heteroatoms. The van der Waals surface area contributed by atoms with Gasteiger partial charge in [0.05, 0.1) is 4.91 Å². The van der Waals surface area contributed by atoms with Crippen molar-refractivity contribution in [2.45, 2.75) is 13.1 Å². The molecule has 64 valence electrons. The molecule has 0 aliphatic heterocycles. The van der Waals surface area contributed by atoms with Gasteiger partial charge in [-0.1, -0.05) is 22.0 Å². The molecular weight excluding hydrogens is 241 g/mol. The molecule has 0 N–H and O–H groups in total. The fraction of sp³-hybridized carbons (Fsp3) is 0.333. The predicted octanol–water partition coefficient (Wildman–Crippen LogP) is 3.66. The maximum Gasteiger partial charge on any atom is 0.422 e. The van der Waals surface area contributed by atoms with Crippen LogP contribution in [0.25, 0.3) is 0 Å². The van der Waals surface area contributed by atoms with Crippen molar-refractivity contribution in [2.24, 2.45) is 0 Å². The Morgan fingerprint density at radius 2 is 1.82 bits per heavy atom. The molecule has 0 atom stereocenters. The van der Waals surface area contributed by atoms with Crippen LogP contribution in [0.2, 0.25) is 0 Å². The highest BCUT2D eigenvalue weighted by Gasteiger charge is 2.30. The molecule has 0 spiro atoms. The number of rotatable bonds is 1. The van der Waals surface area contributed by atoms with Gasteiger partial charge >= 0.3 is 6.18 Å². The number of hydrogen-bond acceptors (Lipinski definition) is 1. The van der Waals surface area contributed by atoms with Gasteiger partial charge in [0.1, 0.15) is 0 Å². The summed E-state index contributed by atoms with van der Waals surface area (Å²) >= 11 is 6.24. The third-order valence-electron chi connectivity index (χ3n) is 0.761. The first-order valence-electron chi connectivity index (χ1n) is 2.64. The van der Waals surface area contributed by atoms with Crippen LogP contribution in [0.3, 0.4) is 0 Å². The van der Waals surface area contributed by atoms with Gasteiger partial charge in [0, 0.05) is 0 Å². The Balaban J connectivity index is 4.36. The van der Waals surface area contributed by atoms with E-state index in [1.807, 2.05) is 0 Å². The van der Waals surface area contributed by atoms with E-state index in [0.717, 1.165) is 6.08 Å². The summed E-state index contributed by atoms with van der Waals surface area (Å²) in [7, 11) is 0. The summed E-state index contributed by atoms with van der Waals surface area (Å²) in [6, 6.07) is 0. The summed E-state index contributed by atoms with van der Waals surface area (Å²) < 4.78 is 35.7. The zero-order chi connectivity index (χ0) is 9.07. The first kappa shape index (κ1) is 11.1. The number of allylic oxidation sites excluding steroid dienone is 4. The average Bonchev–Trinajstić information content (AvgIpc) is 1.80. The van der Waals surface area contributed by atoms with Crippen molar-refractivity contribution in [1.29, 1.82) is 0 Å². The molecule has 0 aromatic rings. The van der Waals surface area contributed by atoms with E-state index >= 15 is 0 Å². The molecule has 0 aromatic carbocycles. The van der Waals surface area contributed by atoms with Crippen LogP contribution in [-0.4, -0.2) is 6.18 Å². The minimum absolute atomic E-state index is 0.619. The SMILES string of the molecule is C/C(Br)=C\C=C(/S)C(F)(F)F. The van der Waals surface area contributed by atoms with Crippen molar-refractivity contribution in [2.75, 3.05) is 0 Å². The highest BCUT2D eigenvalue weighted by Crippen LogP contribution is 2.28. The number of halogens is 4. The highest BCUT2D eigenvalue weighted by molar-refractivity contribution is 9.11. The quantitative estimate of drug-likeness (QED) is 0.530. The third kappa shape index (κ3) is 5.38. The molecule has 0 aliphatic rings. The molecule has 0 amide bonds. The summed E-state index contributed by atoms with van der Waals surface area (Å²) in [6.07, 6.45) is -2.16. The summed E-state index contributed by atoms with van der Waals surface area (Å²) in [5.41, 5.74) is 0. The van der Waals surface area contributed by atoms with Crippen molar-refractivity contribution < 1.29 is 13.2 Å². The maximum atomic E-state index is 11.7. The van der Waals surface area contributed by atoms with E-state index in [1.165, 1.54) is 6.08 Å². The molecule has 0 unspecified atom stereocenters. The summed E-state index contributed by atoms with van der Waals surface area (Å²) in [4.78, 5) is -0.906. The van der Waals surface area contributed by atoms with Gasteiger partial charge in [-0.3, -0.25) is 0 Å². The van der Waals surface area contributed by atoms with E-state index in [-0.39, 0.29) is 0 Å². The lowest BCUT2D eigenvalue weighted by Crippen LogP contribution is -2.06. The smallest absolute Gasteiger partial charge is 0.166 e. The Morgan fingerprint density at radius 3 is 2.09 bits per heavy atom. The van der Waals surface area contributed by atoms with Crippen molar-refractivity contribution in [3.63, 3.8) is 0 Å². The molecule has 0 bridgehead atoms. The second-order valence-corrected chi connectivity index (χ2v) is 3.54. The van der Waals surface area contributed by atoms with Crippen molar-refractivity contribution in [3.8, 4) is 0 Å². The zero-order valence-electron chi connectivity index (χ0n) is 5.61. The van der Waals surface area contributed by atoms with Crippen LogP contribution in [0.5, 0.6) is 0 Å². The van der Waals surface area contributed by atoms with Gasteiger partial charge in [0.25, 0.3) is 0 Å². The lowest BCUT2D eigenvalue weighted by molar-refractivity contribution is -0.0833. The molecule has 0 fully saturated rings. The molecule has 11 heavy (non-hydrogen) atoms. The van der Waals surface area contributed by atoms with Crippen LogP contribution in [0.4, 0.5) is 13.2 Å². The molecule has 0 nitrogen and oxygen atoms in total. The fourth-order valence-corrected chi connectivity index (χ4v) is 0.495. The van der Waals surface area contributed by atoms with Crippen molar-refractivity contribution >= 4 is 28.6 Å². The van der Waals surface area contributed by atoms with E-state index in [4.69, 9.17) is 0 Å². The third-order valence-corrected chi connectivity index (χ3v) is 1.43. The number of alkyl halides is 3. The van der Waals surface area contributed by atoms with E-state index in [0.29, 0.717) is 4.48 Å². The first-order chi connectivity index (χ1) is 4.84. The van der Waals surface area contributed by atoms with Gasteiger partial charge in [-0.15, -0.1) is 12.6 Å². The number of hydrogen-bond donors (Lipinski definition) is 1. The van der Waals surface area contributed by atoms with E-state index in [1.54, 1.807) is 6.92 Å². The minimum Gasteiger partial charge on any atom is -0.166 e. The predicted molar refractivity (Wildman–Crippen MR) is 45.8 cm³/mol. The first-order valence-corrected chi connectivity index (χ1v) is 3.88. The van der Waals surface area contributed by atoms with E-state index in [2.05, 4.69) is 28.6 Å². The topological polar surface area (TPSA) is 0 Å². The van der Waals surface area contributed by atoms with Crippen LogP contribution in [0.1, 0.15) is 6.92 Å². The van der Waals surface area contributed by atoms with Gasteiger partial charge in [-0.05, 0) is 17.5 Å². The lowest BCUT2D eigenvalue weighted by atomic mass is 10.4. The van der Waals surface area contributed by atoms with Crippen molar-refractivity contribution in [3.05, 3.63) is 21.5 Å². The van der Waals surface area contributed by atoms with Gasteiger partial charge in [-0.25, -0.2) is 0 Å². The molecule has 0 saturated heterocycles. The maximum absolute atomic E-state index is 11.7. The molecule has 0 aliphatic carbocycles. The van der Waals surface area contributed by atoms with E-state index in [9.17, 15) is 13.2 Å². The summed E-state index contributed by atoms with van der Waals surface area (Å²) in [5.74, 6) is 0. The van der Waals surface area contributed by atoms with Gasteiger partial charge in [-0.2, -0.15) is 13.2 Å².